The smallest absolute Gasteiger partial charge is 0.241 e. The molecular weight excluding hydrogens is 286 g/mol. The minimum Gasteiger partial charge on any atom is -0.496 e. The molecule has 116 valence electrons. The van der Waals surface area contributed by atoms with Crippen LogP contribution in [-0.2, 0) is 10.0 Å². The predicted octanol–water partition coefficient (Wildman–Crippen LogP) is 2.78. The van der Waals surface area contributed by atoms with E-state index in [2.05, 4.69) is 4.72 Å². The van der Waals surface area contributed by atoms with Crippen LogP contribution in [0.4, 0.5) is 0 Å². The fraction of sp³-hybridized carbons (Fsp3) is 0.625. The van der Waals surface area contributed by atoms with Crippen molar-refractivity contribution in [3.8, 4) is 5.75 Å². The van der Waals surface area contributed by atoms with Gasteiger partial charge in [0.2, 0.25) is 10.0 Å². The van der Waals surface area contributed by atoms with Gasteiger partial charge in [0.05, 0.1) is 12.0 Å². The number of ether oxygens (including phenoxy) is 1. The fourth-order valence-electron chi connectivity index (χ4n) is 3.92. The first-order valence-corrected chi connectivity index (χ1v) is 9.06. The van der Waals surface area contributed by atoms with Crippen LogP contribution in [0.5, 0.6) is 5.75 Å². The van der Waals surface area contributed by atoms with E-state index in [9.17, 15) is 8.42 Å². The van der Waals surface area contributed by atoms with Crippen molar-refractivity contribution in [2.24, 2.45) is 11.8 Å². The molecule has 21 heavy (non-hydrogen) atoms. The Hall–Kier alpha value is -1.07. The normalized spacial score (nSPS) is 28.0. The second-order valence-corrected chi connectivity index (χ2v) is 8.17. The lowest BCUT2D eigenvalue weighted by atomic mass is 9.96. The number of nitrogens with one attached hydrogen (secondary N) is 1. The lowest BCUT2D eigenvalue weighted by Gasteiger charge is -2.23. The number of fused-ring (bicyclic) bond motifs is 2. The van der Waals surface area contributed by atoms with Crippen molar-refractivity contribution < 1.29 is 13.2 Å². The zero-order valence-electron chi connectivity index (χ0n) is 12.8. The molecule has 1 N–H and O–H groups in total. The Morgan fingerprint density at radius 1 is 1.14 bits per heavy atom. The molecule has 2 bridgehead atoms. The molecule has 5 heteroatoms. The van der Waals surface area contributed by atoms with E-state index in [1.807, 2.05) is 13.8 Å². The molecular formula is C16H23NO3S. The summed E-state index contributed by atoms with van der Waals surface area (Å²) in [4.78, 5) is 0.378. The summed E-state index contributed by atoms with van der Waals surface area (Å²) in [5.41, 5.74) is 1.57. The largest absolute Gasteiger partial charge is 0.496 e. The quantitative estimate of drug-likeness (QED) is 0.930. The van der Waals surface area contributed by atoms with Gasteiger partial charge in [0, 0.05) is 6.04 Å². The molecule has 0 aromatic heterocycles. The lowest BCUT2D eigenvalue weighted by molar-refractivity contribution is 0.390. The lowest BCUT2D eigenvalue weighted by Crippen LogP contribution is -2.38. The summed E-state index contributed by atoms with van der Waals surface area (Å²) in [5, 5.41) is 0. The van der Waals surface area contributed by atoms with Gasteiger partial charge in [0.15, 0.2) is 0 Å². The highest BCUT2D eigenvalue weighted by atomic mass is 32.2. The van der Waals surface area contributed by atoms with Crippen LogP contribution >= 0.6 is 0 Å². The molecule has 0 amide bonds. The van der Waals surface area contributed by atoms with Gasteiger partial charge in [-0.2, -0.15) is 0 Å². The molecule has 0 spiro atoms. The molecule has 0 heterocycles. The second kappa shape index (κ2) is 5.29. The van der Waals surface area contributed by atoms with Crippen LogP contribution in [0, 0.1) is 25.7 Å². The van der Waals surface area contributed by atoms with E-state index in [4.69, 9.17) is 4.74 Å². The molecule has 0 saturated heterocycles. The molecule has 2 fully saturated rings. The van der Waals surface area contributed by atoms with Gasteiger partial charge in [0.1, 0.15) is 5.75 Å². The molecule has 2 saturated carbocycles. The third kappa shape index (κ3) is 2.69. The van der Waals surface area contributed by atoms with Gasteiger partial charge in [-0.25, -0.2) is 13.1 Å². The van der Waals surface area contributed by atoms with E-state index in [1.165, 1.54) is 19.3 Å². The maximum Gasteiger partial charge on any atom is 0.241 e. The third-order valence-corrected chi connectivity index (χ3v) is 6.66. The first-order valence-electron chi connectivity index (χ1n) is 7.58. The molecule has 3 atom stereocenters. The van der Waals surface area contributed by atoms with Crippen LogP contribution in [0.1, 0.15) is 36.8 Å². The zero-order valence-corrected chi connectivity index (χ0v) is 13.7. The molecule has 1 aromatic rings. The van der Waals surface area contributed by atoms with Crippen molar-refractivity contribution in [3.63, 3.8) is 0 Å². The summed E-state index contributed by atoms with van der Waals surface area (Å²) in [5.74, 6) is 1.98. The molecule has 2 aliphatic carbocycles. The molecule has 0 radical (unpaired) electrons. The minimum absolute atomic E-state index is 0.121. The monoisotopic (exact) mass is 309 g/mol. The molecule has 2 aliphatic rings. The highest BCUT2D eigenvalue weighted by molar-refractivity contribution is 7.89. The number of sulfonamides is 1. The second-order valence-electron chi connectivity index (χ2n) is 6.49. The van der Waals surface area contributed by atoms with Gasteiger partial charge in [-0.15, -0.1) is 0 Å². The number of hydrogen-bond acceptors (Lipinski definition) is 3. The van der Waals surface area contributed by atoms with Crippen molar-refractivity contribution in [2.75, 3.05) is 7.11 Å². The van der Waals surface area contributed by atoms with Crippen molar-refractivity contribution in [2.45, 2.75) is 50.5 Å². The summed E-state index contributed by atoms with van der Waals surface area (Å²) in [6.07, 6.45) is 4.62. The van der Waals surface area contributed by atoms with E-state index in [-0.39, 0.29) is 6.04 Å². The van der Waals surface area contributed by atoms with Crippen LogP contribution in [0.15, 0.2) is 17.0 Å². The maximum atomic E-state index is 12.7. The van der Waals surface area contributed by atoms with E-state index >= 15 is 0 Å². The SMILES string of the molecule is COc1cc(C)c(S(=O)(=O)N[C@@H]2C[C@H]3CC[C@H]2C3)cc1C. The Balaban J connectivity index is 1.86. The van der Waals surface area contributed by atoms with Crippen molar-refractivity contribution in [3.05, 3.63) is 23.3 Å². The third-order valence-electron chi connectivity index (χ3n) is 5.03. The van der Waals surface area contributed by atoms with E-state index < -0.39 is 10.0 Å². The van der Waals surface area contributed by atoms with Crippen LogP contribution in [0.3, 0.4) is 0 Å². The Morgan fingerprint density at radius 3 is 2.48 bits per heavy atom. The average Bonchev–Trinajstić information content (AvgIpc) is 3.02. The summed E-state index contributed by atoms with van der Waals surface area (Å²) >= 11 is 0. The van der Waals surface area contributed by atoms with Crippen molar-refractivity contribution >= 4 is 10.0 Å². The number of benzene rings is 1. The molecule has 0 aliphatic heterocycles. The maximum absolute atomic E-state index is 12.7. The van der Waals surface area contributed by atoms with E-state index in [0.29, 0.717) is 10.8 Å². The Labute approximate surface area is 126 Å². The first kappa shape index (κ1) is 14.9. The summed E-state index contributed by atoms with van der Waals surface area (Å²) < 4.78 is 33.6. The molecule has 4 nitrogen and oxygen atoms in total. The van der Waals surface area contributed by atoms with E-state index in [1.54, 1.807) is 19.2 Å². The Kier molecular flexibility index (Phi) is 3.74. The van der Waals surface area contributed by atoms with E-state index in [0.717, 1.165) is 29.2 Å². The predicted molar refractivity (Wildman–Crippen MR) is 82.0 cm³/mol. The van der Waals surface area contributed by atoms with Gasteiger partial charge < -0.3 is 4.74 Å². The van der Waals surface area contributed by atoms with Gasteiger partial charge in [-0.05, 0) is 68.2 Å². The summed E-state index contributed by atoms with van der Waals surface area (Å²) in [7, 11) is -1.85. The summed E-state index contributed by atoms with van der Waals surface area (Å²) in [6, 6.07) is 3.63. The fourth-order valence-corrected chi connectivity index (χ4v) is 5.55. The van der Waals surface area contributed by atoms with Crippen LogP contribution < -0.4 is 9.46 Å². The zero-order chi connectivity index (χ0) is 15.2. The minimum atomic E-state index is -3.45. The van der Waals surface area contributed by atoms with Gasteiger partial charge in [-0.1, -0.05) is 6.42 Å². The van der Waals surface area contributed by atoms with Gasteiger partial charge in [-0.3, -0.25) is 0 Å². The molecule has 3 rings (SSSR count). The first-order chi connectivity index (χ1) is 9.90. The number of aryl methyl sites for hydroxylation is 2. The number of rotatable bonds is 4. The number of methoxy groups -OCH3 is 1. The summed E-state index contributed by atoms with van der Waals surface area (Å²) in [6.45, 7) is 3.69. The highest BCUT2D eigenvalue weighted by Crippen LogP contribution is 2.45. The average molecular weight is 309 g/mol. The molecule has 1 aromatic carbocycles. The van der Waals surface area contributed by atoms with Gasteiger partial charge in [0.25, 0.3) is 0 Å². The standard InChI is InChI=1S/C16H23NO3S/c1-10-7-16(11(2)6-15(10)20-3)21(18,19)17-14-9-12-4-5-13(14)8-12/h6-7,12-14,17H,4-5,8-9H2,1-3H3/t12-,13-,14+/m0/s1. The molecule has 0 unspecified atom stereocenters. The Morgan fingerprint density at radius 2 is 1.90 bits per heavy atom. The number of hydrogen-bond donors (Lipinski definition) is 1. The van der Waals surface area contributed by atoms with Crippen LogP contribution in [-0.4, -0.2) is 21.6 Å². The van der Waals surface area contributed by atoms with Crippen LogP contribution in [0.2, 0.25) is 0 Å². The Bertz CT molecular complexity index is 654. The van der Waals surface area contributed by atoms with Crippen molar-refractivity contribution in [1.82, 2.24) is 4.72 Å². The topological polar surface area (TPSA) is 55.4 Å². The van der Waals surface area contributed by atoms with Crippen LogP contribution in [0.25, 0.3) is 0 Å². The highest BCUT2D eigenvalue weighted by Gasteiger charge is 2.41. The van der Waals surface area contributed by atoms with Crippen molar-refractivity contribution in [1.29, 1.82) is 0 Å². The van der Waals surface area contributed by atoms with Gasteiger partial charge >= 0.3 is 0 Å².